The molecule has 2 aromatic rings. The summed E-state index contributed by atoms with van der Waals surface area (Å²) in [5.41, 5.74) is 1.38. The Labute approximate surface area is 207 Å². The SMILES string of the molecule is OC[C@H]1O[C@@H](O[C@@H]2C[C@H](CCc3ccc(O)c(O)c3)O[C@H](c3ccc(O)c(O)c3)C2)[C@H](O)[C@@H](O)[C@@H]1O. The lowest BCUT2D eigenvalue weighted by molar-refractivity contribution is -0.318. The smallest absolute Gasteiger partial charge is 0.186 e. The molecule has 11 nitrogen and oxygen atoms in total. The summed E-state index contributed by atoms with van der Waals surface area (Å²) in [7, 11) is 0. The number of aliphatic hydroxyl groups excluding tert-OH is 4. The lowest BCUT2D eigenvalue weighted by Gasteiger charge is -2.43. The van der Waals surface area contributed by atoms with Gasteiger partial charge in [-0.1, -0.05) is 12.1 Å². The van der Waals surface area contributed by atoms with E-state index in [2.05, 4.69) is 0 Å². The highest BCUT2D eigenvalue weighted by atomic mass is 16.7. The van der Waals surface area contributed by atoms with Gasteiger partial charge in [0.25, 0.3) is 0 Å². The van der Waals surface area contributed by atoms with Crippen LogP contribution in [-0.2, 0) is 20.6 Å². The summed E-state index contributed by atoms with van der Waals surface area (Å²) in [6.45, 7) is -0.573. The van der Waals surface area contributed by atoms with Crippen molar-refractivity contribution in [2.75, 3.05) is 6.61 Å². The van der Waals surface area contributed by atoms with Crippen molar-refractivity contribution in [1.82, 2.24) is 0 Å². The van der Waals surface area contributed by atoms with Crippen LogP contribution in [0.25, 0.3) is 0 Å². The molecule has 2 heterocycles. The maximum atomic E-state index is 10.4. The van der Waals surface area contributed by atoms with Crippen LogP contribution in [0.1, 0.15) is 36.5 Å². The highest BCUT2D eigenvalue weighted by molar-refractivity contribution is 5.42. The average Bonchev–Trinajstić information content (AvgIpc) is 2.86. The molecule has 2 aliphatic rings. The predicted octanol–water partition coefficient (Wildman–Crippen LogP) is 0.547. The molecule has 0 spiro atoms. The fourth-order valence-corrected chi connectivity index (χ4v) is 4.65. The minimum atomic E-state index is -1.57. The van der Waals surface area contributed by atoms with Gasteiger partial charge in [0.2, 0.25) is 0 Å². The molecule has 8 N–H and O–H groups in total. The van der Waals surface area contributed by atoms with E-state index in [1.165, 1.54) is 24.3 Å². The number of phenolic OH excluding ortho intramolecular Hbond substituents is 4. The Morgan fingerprint density at radius 2 is 1.47 bits per heavy atom. The van der Waals surface area contributed by atoms with Crippen LogP contribution in [0.5, 0.6) is 23.0 Å². The maximum Gasteiger partial charge on any atom is 0.186 e. The summed E-state index contributed by atoms with van der Waals surface area (Å²) in [5.74, 6) is -1.01. The van der Waals surface area contributed by atoms with Crippen molar-refractivity contribution < 1.29 is 55.1 Å². The number of hydrogen-bond acceptors (Lipinski definition) is 11. The molecule has 2 aliphatic heterocycles. The zero-order chi connectivity index (χ0) is 26.0. The summed E-state index contributed by atoms with van der Waals surface area (Å²) in [4.78, 5) is 0. The third kappa shape index (κ3) is 5.84. The van der Waals surface area contributed by atoms with E-state index in [0.717, 1.165) is 5.56 Å². The van der Waals surface area contributed by atoms with Gasteiger partial charge in [-0.2, -0.15) is 0 Å². The van der Waals surface area contributed by atoms with Gasteiger partial charge in [0.1, 0.15) is 24.4 Å². The topological polar surface area (TPSA) is 190 Å². The number of ether oxygens (including phenoxy) is 3. The first-order chi connectivity index (χ1) is 17.2. The van der Waals surface area contributed by atoms with Crippen molar-refractivity contribution in [2.24, 2.45) is 0 Å². The summed E-state index contributed by atoms with van der Waals surface area (Å²) < 4.78 is 17.8. The first-order valence-corrected chi connectivity index (χ1v) is 11.8. The number of aromatic hydroxyl groups is 4. The van der Waals surface area contributed by atoms with Crippen molar-refractivity contribution in [3.05, 3.63) is 47.5 Å². The van der Waals surface area contributed by atoms with Crippen LogP contribution in [0.3, 0.4) is 0 Å². The summed E-state index contributed by atoms with van der Waals surface area (Å²) in [5, 5.41) is 78.9. The van der Waals surface area contributed by atoms with E-state index in [1.807, 2.05) is 0 Å². The molecule has 0 radical (unpaired) electrons. The molecule has 0 unspecified atom stereocenters. The Morgan fingerprint density at radius 1 is 0.778 bits per heavy atom. The van der Waals surface area contributed by atoms with E-state index in [-0.39, 0.29) is 29.1 Å². The monoisotopic (exact) mass is 508 g/mol. The van der Waals surface area contributed by atoms with E-state index in [9.17, 15) is 40.9 Å². The largest absolute Gasteiger partial charge is 0.504 e. The van der Waals surface area contributed by atoms with Gasteiger partial charge < -0.3 is 55.1 Å². The third-order valence-corrected chi connectivity index (χ3v) is 6.70. The van der Waals surface area contributed by atoms with E-state index in [4.69, 9.17) is 14.2 Å². The molecule has 4 rings (SSSR count). The molecular weight excluding hydrogens is 476 g/mol. The Morgan fingerprint density at radius 3 is 2.14 bits per heavy atom. The number of hydrogen-bond donors (Lipinski definition) is 8. The molecule has 8 atom stereocenters. The van der Waals surface area contributed by atoms with Crippen LogP contribution < -0.4 is 0 Å². The molecule has 2 aromatic carbocycles. The fraction of sp³-hybridized carbons (Fsp3) is 0.520. The van der Waals surface area contributed by atoms with Gasteiger partial charge in [-0.05, 0) is 48.2 Å². The second kappa shape index (κ2) is 11.2. The number of benzene rings is 2. The minimum absolute atomic E-state index is 0.215. The molecular formula is C25H32O11. The van der Waals surface area contributed by atoms with Crippen LogP contribution in [-0.4, -0.2) is 90.4 Å². The predicted molar refractivity (Wildman–Crippen MR) is 123 cm³/mol. The summed E-state index contributed by atoms with van der Waals surface area (Å²) >= 11 is 0. The van der Waals surface area contributed by atoms with Crippen LogP contribution in [0.2, 0.25) is 0 Å². The molecule has 2 fully saturated rings. The van der Waals surface area contributed by atoms with E-state index in [0.29, 0.717) is 31.2 Å². The van der Waals surface area contributed by atoms with Crippen molar-refractivity contribution in [2.45, 2.75) is 74.7 Å². The lowest BCUT2D eigenvalue weighted by Crippen LogP contribution is -2.60. The second-order valence-electron chi connectivity index (χ2n) is 9.28. The number of aliphatic hydroxyl groups is 4. The lowest BCUT2D eigenvalue weighted by atomic mass is 9.92. The molecule has 0 saturated carbocycles. The fourth-order valence-electron chi connectivity index (χ4n) is 4.65. The first kappa shape index (κ1) is 26.4. The molecule has 0 amide bonds. The normalized spacial score (nSPS) is 32.9. The van der Waals surface area contributed by atoms with Crippen molar-refractivity contribution in [1.29, 1.82) is 0 Å². The van der Waals surface area contributed by atoms with Crippen molar-refractivity contribution in [3.8, 4) is 23.0 Å². The van der Waals surface area contributed by atoms with E-state index >= 15 is 0 Å². The van der Waals surface area contributed by atoms with Gasteiger partial charge in [-0.3, -0.25) is 0 Å². The highest BCUT2D eigenvalue weighted by Gasteiger charge is 2.45. The average molecular weight is 509 g/mol. The number of phenols is 4. The molecule has 11 heteroatoms. The minimum Gasteiger partial charge on any atom is -0.504 e. The van der Waals surface area contributed by atoms with E-state index < -0.39 is 49.5 Å². The second-order valence-corrected chi connectivity index (χ2v) is 9.28. The van der Waals surface area contributed by atoms with Crippen LogP contribution >= 0.6 is 0 Å². The highest BCUT2D eigenvalue weighted by Crippen LogP contribution is 2.39. The van der Waals surface area contributed by atoms with Gasteiger partial charge in [0, 0.05) is 12.8 Å². The Hall–Kier alpha value is -2.64. The van der Waals surface area contributed by atoms with Crippen LogP contribution in [0.15, 0.2) is 36.4 Å². The van der Waals surface area contributed by atoms with Crippen LogP contribution in [0.4, 0.5) is 0 Å². The summed E-state index contributed by atoms with van der Waals surface area (Å²) in [6.07, 6.45) is -6.72. The van der Waals surface area contributed by atoms with Gasteiger partial charge >= 0.3 is 0 Å². The molecule has 0 aliphatic carbocycles. The molecule has 0 aromatic heterocycles. The Bertz CT molecular complexity index is 1030. The number of rotatable bonds is 7. The third-order valence-electron chi connectivity index (χ3n) is 6.70. The van der Waals surface area contributed by atoms with Crippen LogP contribution in [0, 0.1) is 0 Å². The molecule has 198 valence electrons. The van der Waals surface area contributed by atoms with Gasteiger partial charge in [0.15, 0.2) is 29.3 Å². The van der Waals surface area contributed by atoms with Crippen molar-refractivity contribution >= 4 is 0 Å². The van der Waals surface area contributed by atoms with Crippen molar-refractivity contribution in [3.63, 3.8) is 0 Å². The zero-order valence-electron chi connectivity index (χ0n) is 19.4. The molecule has 0 bridgehead atoms. The maximum absolute atomic E-state index is 10.4. The quantitative estimate of drug-likeness (QED) is 0.244. The summed E-state index contributed by atoms with van der Waals surface area (Å²) in [6, 6.07) is 8.92. The standard InChI is InChI=1S/C25H32O11/c26-11-21-22(31)23(32)24(33)25(36-21)35-15-9-14(4-1-12-2-5-16(27)18(29)7-12)34-20(10-15)13-3-6-17(28)19(30)8-13/h2-3,5-8,14-15,20-33H,1,4,9-11H2/t14-,15+,20-,21+,22+,23-,24+,25+/m0/s1. The van der Waals surface area contributed by atoms with Gasteiger partial charge in [0.05, 0.1) is 24.9 Å². The number of aryl methyl sites for hydroxylation is 1. The molecule has 2 saturated heterocycles. The van der Waals surface area contributed by atoms with E-state index in [1.54, 1.807) is 12.1 Å². The molecule has 36 heavy (non-hydrogen) atoms. The van der Waals surface area contributed by atoms with Gasteiger partial charge in [-0.15, -0.1) is 0 Å². The first-order valence-electron chi connectivity index (χ1n) is 11.8. The Kier molecular flexibility index (Phi) is 8.20. The Balaban J connectivity index is 1.50. The zero-order valence-corrected chi connectivity index (χ0v) is 19.4. The van der Waals surface area contributed by atoms with Gasteiger partial charge in [-0.25, -0.2) is 0 Å².